The lowest BCUT2D eigenvalue weighted by molar-refractivity contribution is -0.527. The Morgan fingerprint density at radius 2 is 0.729 bits per heavy atom. The first-order valence-electron chi connectivity index (χ1n) is 27.7. The van der Waals surface area contributed by atoms with Gasteiger partial charge in [0.1, 0.15) is 18.1 Å². The highest BCUT2D eigenvalue weighted by Crippen LogP contribution is 2.42. The molecule has 0 fully saturated rings. The summed E-state index contributed by atoms with van der Waals surface area (Å²) < 4.78 is 4.88. The van der Waals surface area contributed by atoms with Gasteiger partial charge >= 0.3 is 0 Å². The Labute approximate surface area is 436 Å². The summed E-state index contributed by atoms with van der Waals surface area (Å²) in [7, 11) is 0. The minimum atomic E-state index is 0.739. The van der Waals surface area contributed by atoms with Crippen LogP contribution in [0.25, 0.3) is 0 Å². The molecule has 4 aromatic rings. The lowest BCUT2D eigenvalue weighted by Crippen LogP contribution is -2.26. The number of allylic oxidation sites excluding steroid dienone is 4. The Balaban J connectivity index is 1.65. The quantitative estimate of drug-likeness (QED) is 0.0358. The first kappa shape index (κ1) is 56.4. The Morgan fingerprint density at radius 3 is 1.14 bits per heavy atom. The Kier molecular flexibility index (Phi) is 25.0. The third kappa shape index (κ3) is 16.3. The molecule has 0 aromatic heterocycles. The van der Waals surface area contributed by atoms with Crippen LogP contribution in [0.15, 0.2) is 109 Å². The largest absolute Gasteiger partial charge is 0.372 e. The summed E-state index contributed by atoms with van der Waals surface area (Å²) in [6.07, 6.45) is 27.9. The number of nitrogens with zero attached hydrogens (tertiary/aromatic N) is 6. The van der Waals surface area contributed by atoms with E-state index in [1.54, 1.807) is 0 Å². The van der Waals surface area contributed by atoms with Crippen molar-refractivity contribution in [3.63, 3.8) is 0 Å². The molecule has 0 unspecified atom stereocenters. The lowest BCUT2D eigenvalue weighted by Gasteiger charge is -2.30. The summed E-state index contributed by atoms with van der Waals surface area (Å²) >= 11 is 14.9. The van der Waals surface area contributed by atoms with Gasteiger partial charge in [0.2, 0.25) is 17.1 Å². The molecule has 0 atom stereocenters. The van der Waals surface area contributed by atoms with E-state index in [-0.39, 0.29) is 0 Å². The molecule has 1 aliphatic rings. The molecule has 5 rings (SSSR count). The van der Waals surface area contributed by atoms with E-state index >= 15 is 0 Å². The fourth-order valence-corrected chi connectivity index (χ4v) is 9.77. The molecule has 6 nitrogen and oxygen atoms in total. The molecule has 0 aliphatic heterocycles. The van der Waals surface area contributed by atoms with E-state index in [4.69, 9.17) is 23.2 Å². The summed E-state index contributed by atoms with van der Waals surface area (Å²) in [5.41, 5.74) is 11.1. The minimum absolute atomic E-state index is 0.739. The summed E-state index contributed by atoms with van der Waals surface area (Å²) in [4.78, 5) is 9.91. The highest BCUT2D eigenvalue weighted by atomic mass is 35.5. The van der Waals surface area contributed by atoms with Crippen molar-refractivity contribution in [2.24, 2.45) is 0 Å². The van der Waals surface area contributed by atoms with E-state index in [2.05, 4.69) is 193 Å². The van der Waals surface area contributed by atoms with Crippen molar-refractivity contribution in [3.05, 3.63) is 119 Å². The summed E-state index contributed by atoms with van der Waals surface area (Å²) in [5.74, 6) is 0. The van der Waals surface area contributed by atoms with E-state index in [1.807, 2.05) is 0 Å². The van der Waals surface area contributed by atoms with Crippen molar-refractivity contribution in [3.8, 4) is 0 Å². The molecule has 1 aliphatic carbocycles. The second-order valence-corrected chi connectivity index (χ2v) is 20.1. The van der Waals surface area contributed by atoms with Crippen LogP contribution in [0.3, 0.4) is 0 Å². The average molecular weight is 990 g/mol. The van der Waals surface area contributed by atoms with Crippen LogP contribution < -0.4 is 24.2 Å². The molecule has 0 N–H and O–H groups in total. The second-order valence-electron chi connectivity index (χ2n) is 19.3. The van der Waals surface area contributed by atoms with Crippen LogP contribution in [-0.4, -0.2) is 68.4 Å². The van der Waals surface area contributed by atoms with Crippen LogP contribution in [0, 0.1) is 0 Å². The zero-order valence-electron chi connectivity index (χ0n) is 44.8. The van der Waals surface area contributed by atoms with E-state index in [9.17, 15) is 0 Å². The van der Waals surface area contributed by atoms with Gasteiger partial charge in [-0.25, -0.2) is 4.58 Å². The van der Waals surface area contributed by atoms with Gasteiger partial charge in [0.15, 0.2) is 5.71 Å². The van der Waals surface area contributed by atoms with Gasteiger partial charge in [0.05, 0.1) is 10.7 Å². The highest BCUT2D eigenvalue weighted by Gasteiger charge is 2.26. The smallest absolute Gasteiger partial charge is 0.230 e. The third-order valence-electron chi connectivity index (χ3n) is 13.6. The van der Waals surface area contributed by atoms with Gasteiger partial charge in [-0.15, -0.1) is 0 Å². The second kappa shape index (κ2) is 31.0. The zero-order chi connectivity index (χ0) is 50.1. The molecule has 0 radical (unpaired) electrons. The molecule has 70 heavy (non-hydrogen) atoms. The SMILES string of the molecule is CCCCN(CCCC)c1ccc(N(c2ccc([N+](=C3C=CC(=[N+](CCCC)CCCC)C=C3)c3ccc(N(CCCC)CCCC)cc3Cl)cc2)c2ccc(N(CCCC)CCCC)cc2Cl)cc1. The van der Waals surface area contributed by atoms with Crippen LogP contribution in [-0.2, 0) is 0 Å². The van der Waals surface area contributed by atoms with Crippen molar-refractivity contribution in [1.29, 1.82) is 0 Å². The molecule has 4 aromatic carbocycles. The monoisotopic (exact) mass is 989 g/mol. The fourth-order valence-electron chi connectivity index (χ4n) is 9.25. The predicted molar refractivity (Wildman–Crippen MR) is 313 cm³/mol. The van der Waals surface area contributed by atoms with Gasteiger partial charge < -0.3 is 19.6 Å². The van der Waals surface area contributed by atoms with Crippen molar-refractivity contribution in [1.82, 2.24) is 4.58 Å². The van der Waals surface area contributed by atoms with Crippen LogP contribution in [0.1, 0.15) is 158 Å². The summed E-state index contributed by atoms with van der Waals surface area (Å²) in [6, 6.07) is 31.5. The van der Waals surface area contributed by atoms with E-state index in [0.29, 0.717) is 0 Å². The molecule has 0 bridgehead atoms. The van der Waals surface area contributed by atoms with Crippen LogP contribution in [0.2, 0.25) is 10.0 Å². The first-order valence-corrected chi connectivity index (χ1v) is 28.5. The Morgan fingerprint density at radius 1 is 0.371 bits per heavy atom. The van der Waals surface area contributed by atoms with Gasteiger partial charge in [-0.05, 0) is 105 Å². The molecular formula is C62H90Cl2N6+2. The van der Waals surface area contributed by atoms with Crippen LogP contribution in [0.4, 0.5) is 45.5 Å². The number of hydrogen-bond acceptors (Lipinski definition) is 4. The summed E-state index contributed by atoms with van der Waals surface area (Å²) in [5, 5.41) is 1.48. The normalized spacial score (nSPS) is 12.2. The average Bonchev–Trinajstić information content (AvgIpc) is 3.38. The van der Waals surface area contributed by atoms with Crippen LogP contribution >= 0.6 is 23.2 Å². The number of hydrogen-bond donors (Lipinski definition) is 0. The standard InChI is InChI=1S/C62H90Cl2N6/c1-9-17-41-65(42-18-10-2)51-25-29-53(30-26-51)69(61-39-37-57(49-59(61)63)67(45-21-13-5)46-22-14-6)55-33-35-56(36-34-55)70(54-31-27-52(28-32-54)66(43-19-11-3)44-20-12-4)62-40-38-58(50-60(62)64)68(47-23-15-7)48-24-16-8/h25-40,49-50H,9-24,41-48H2,1-8H3/q+2. The zero-order valence-corrected chi connectivity index (χ0v) is 46.3. The molecule has 0 amide bonds. The van der Waals surface area contributed by atoms with Crippen molar-refractivity contribution in [2.45, 2.75) is 158 Å². The van der Waals surface area contributed by atoms with Crippen molar-refractivity contribution < 1.29 is 4.58 Å². The molecule has 0 saturated heterocycles. The van der Waals surface area contributed by atoms with E-state index in [1.165, 1.54) is 74.1 Å². The molecule has 0 heterocycles. The molecule has 8 heteroatoms. The molecule has 380 valence electrons. The van der Waals surface area contributed by atoms with Gasteiger partial charge in [0.25, 0.3) is 0 Å². The summed E-state index contributed by atoms with van der Waals surface area (Å²) in [6.45, 7) is 26.6. The van der Waals surface area contributed by atoms with E-state index < -0.39 is 0 Å². The van der Waals surface area contributed by atoms with Crippen molar-refractivity contribution in [2.75, 3.05) is 72.0 Å². The number of unbranched alkanes of at least 4 members (excludes halogenated alkanes) is 8. The molecule has 0 saturated carbocycles. The number of rotatable bonds is 32. The Hall–Kier alpha value is -4.52. The maximum Gasteiger partial charge on any atom is 0.230 e. The van der Waals surface area contributed by atoms with E-state index in [0.717, 1.165) is 148 Å². The lowest BCUT2D eigenvalue weighted by atomic mass is 10.1. The number of halogens is 2. The Bertz CT molecular complexity index is 2220. The number of benzene rings is 4. The maximum atomic E-state index is 7.47. The molecule has 0 spiro atoms. The number of anilines is 6. The predicted octanol–water partition coefficient (Wildman–Crippen LogP) is 18.1. The molecular weight excluding hydrogens is 900 g/mol. The third-order valence-corrected chi connectivity index (χ3v) is 14.2. The highest BCUT2D eigenvalue weighted by molar-refractivity contribution is 6.34. The van der Waals surface area contributed by atoms with Gasteiger partial charge in [-0.1, -0.05) is 130 Å². The minimum Gasteiger partial charge on any atom is -0.372 e. The first-order chi connectivity index (χ1) is 34.2. The van der Waals surface area contributed by atoms with Gasteiger partial charge in [0, 0.05) is 123 Å². The maximum absolute atomic E-state index is 7.47. The fraction of sp³-hybridized carbons (Fsp3) is 0.516. The van der Waals surface area contributed by atoms with Crippen molar-refractivity contribution >= 4 is 80.1 Å². The van der Waals surface area contributed by atoms with Gasteiger partial charge in [-0.2, -0.15) is 4.58 Å². The topological polar surface area (TPSA) is 19.0 Å². The van der Waals surface area contributed by atoms with Crippen LogP contribution in [0.5, 0.6) is 0 Å². The van der Waals surface area contributed by atoms with Gasteiger partial charge in [-0.3, -0.25) is 0 Å².